The van der Waals surface area contributed by atoms with Gasteiger partial charge in [0.2, 0.25) is 0 Å². The molecule has 0 fully saturated rings. The highest BCUT2D eigenvalue weighted by molar-refractivity contribution is 7.71. The van der Waals surface area contributed by atoms with Crippen LogP contribution in [0.1, 0.15) is 11.4 Å². The average Bonchev–Trinajstić information content (AvgIpc) is 2.58. The maximum Gasteiger partial charge on any atom is 0.195 e. The maximum atomic E-state index is 5.12. The fourth-order valence-electron chi connectivity index (χ4n) is 1.45. The van der Waals surface area contributed by atoms with Crippen molar-refractivity contribution in [2.45, 2.75) is 19.9 Å². The Morgan fingerprint density at radius 1 is 1.40 bits per heavy atom. The van der Waals surface area contributed by atoms with E-state index in [4.69, 9.17) is 12.2 Å². The van der Waals surface area contributed by atoms with Crippen LogP contribution in [0.25, 0.3) is 0 Å². The predicted octanol–water partition coefficient (Wildman–Crippen LogP) is 1.89. The lowest BCUT2D eigenvalue weighted by Crippen LogP contribution is -2.03. The molecule has 0 unspecified atom stereocenters. The number of nitrogens with zero attached hydrogens (tertiary/aromatic N) is 3. The minimum absolute atomic E-state index is 0.682. The smallest absolute Gasteiger partial charge is 0.195 e. The van der Waals surface area contributed by atoms with Gasteiger partial charge in [0.15, 0.2) is 4.77 Å². The zero-order chi connectivity index (χ0) is 10.7. The van der Waals surface area contributed by atoms with Crippen LogP contribution in [-0.4, -0.2) is 19.7 Å². The molecule has 4 nitrogen and oxygen atoms in total. The number of H-pyrrole nitrogens is 1. The van der Waals surface area contributed by atoms with E-state index in [0.29, 0.717) is 4.77 Å². The molecule has 0 atom stereocenters. The molecule has 0 radical (unpaired) electrons. The van der Waals surface area contributed by atoms with Crippen molar-refractivity contribution < 1.29 is 0 Å². The van der Waals surface area contributed by atoms with Crippen molar-refractivity contribution in [2.24, 2.45) is 0 Å². The second-order valence-electron chi connectivity index (χ2n) is 3.33. The summed E-state index contributed by atoms with van der Waals surface area (Å²) in [5, 5.41) is 6.84. The Bertz CT molecular complexity index is 486. The first-order chi connectivity index (χ1) is 7.27. The Balaban J connectivity index is 2.09. The largest absolute Gasteiger partial charge is 0.304 e. The van der Waals surface area contributed by atoms with E-state index in [2.05, 4.69) is 15.2 Å². The van der Waals surface area contributed by atoms with Gasteiger partial charge in [-0.05, 0) is 43.3 Å². The molecule has 2 heterocycles. The third kappa shape index (κ3) is 2.30. The van der Waals surface area contributed by atoms with E-state index in [0.717, 1.165) is 18.8 Å². The summed E-state index contributed by atoms with van der Waals surface area (Å²) in [6.45, 7) is 2.80. The van der Waals surface area contributed by atoms with Gasteiger partial charge < -0.3 is 4.57 Å². The fraction of sp³-hybridized carbons (Fsp3) is 0.300. The van der Waals surface area contributed by atoms with Crippen LogP contribution in [0.5, 0.6) is 0 Å². The first kappa shape index (κ1) is 10.0. The van der Waals surface area contributed by atoms with E-state index in [1.165, 1.54) is 5.56 Å². The molecule has 0 aliphatic rings. The number of hydrogen-bond donors (Lipinski definition) is 1. The summed E-state index contributed by atoms with van der Waals surface area (Å²) in [6, 6.07) is 4.03. The van der Waals surface area contributed by atoms with Crippen molar-refractivity contribution in [1.82, 2.24) is 19.7 Å². The molecule has 1 N–H and O–H groups in total. The van der Waals surface area contributed by atoms with E-state index in [1.807, 2.05) is 23.6 Å². The van der Waals surface area contributed by atoms with Crippen LogP contribution in [0.4, 0.5) is 0 Å². The Morgan fingerprint density at radius 2 is 2.13 bits per heavy atom. The SMILES string of the molecule is Cc1n[nH]c(=S)n1CCc1ccncc1. The van der Waals surface area contributed by atoms with Crippen molar-refractivity contribution in [3.8, 4) is 0 Å². The van der Waals surface area contributed by atoms with E-state index < -0.39 is 0 Å². The summed E-state index contributed by atoms with van der Waals surface area (Å²) in [5.41, 5.74) is 1.26. The lowest BCUT2D eigenvalue weighted by atomic mass is 10.2. The molecule has 0 amide bonds. The Hall–Kier alpha value is -1.49. The van der Waals surface area contributed by atoms with Gasteiger partial charge in [-0.1, -0.05) is 0 Å². The standard InChI is InChI=1S/C10H12N4S/c1-8-12-13-10(15)14(8)7-4-9-2-5-11-6-3-9/h2-3,5-6H,4,7H2,1H3,(H,13,15). The first-order valence-corrected chi connectivity index (χ1v) is 5.19. The summed E-state index contributed by atoms with van der Waals surface area (Å²) in [5.74, 6) is 0.925. The van der Waals surface area contributed by atoms with Crippen LogP contribution in [0.3, 0.4) is 0 Å². The highest BCUT2D eigenvalue weighted by Gasteiger charge is 2.00. The van der Waals surface area contributed by atoms with Crippen LogP contribution in [-0.2, 0) is 13.0 Å². The minimum Gasteiger partial charge on any atom is -0.304 e. The number of nitrogens with one attached hydrogen (secondary N) is 1. The molecular formula is C10H12N4S. The molecule has 0 aliphatic heterocycles. The normalized spacial score (nSPS) is 10.5. The van der Waals surface area contributed by atoms with Crippen molar-refractivity contribution in [3.63, 3.8) is 0 Å². The second kappa shape index (κ2) is 4.35. The molecule has 0 aliphatic carbocycles. The van der Waals surface area contributed by atoms with Gasteiger partial charge in [0.05, 0.1) is 0 Å². The molecule has 15 heavy (non-hydrogen) atoms. The van der Waals surface area contributed by atoms with Crippen LogP contribution < -0.4 is 0 Å². The molecular weight excluding hydrogens is 208 g/mol. The zero-order valence-corrected chi connectivity index (χ0v) is 9.29. The van der Waals surface area contributed by atoms with Gasteiger partial charge in [0.1, 0.15) is 5.82 Å². The van der Waals surface area contributed by atoms with Gasteiger partial charge in [-0.3, -0.25) is 10.1 Å². The number of aromatic amines is 1. The van der Waals surface area contributed by atoms with Crippen LogP contribution in [0.15, 0.2) is 24.5 Å². The fourth-order valence-corrected chi connectivity index (χ4v) is 1.72. The van der Waals surface area contributed by atoms with Crippen LogP contribution >= 0.6 is 12.2 Å². The maximum absolute atomic E-state index is 5.12. The molecule has 5 heteroatoms. The summed E-state index contributed by atoms with van der Waals surface area (Å²) in [4.78, 5) is 3.98. The molecule has 0 saturated heterocycles. The van der Waals surface area contributed by atoms with Gasteiger partial charge in [0.25, 0.3) is 0 Å². The lowest BCUT2D eigenvalue weighted by Gasteiger charge is -2.03. The molecule has 0 aromatic carbocycles. The monoisotopic (exact) mass is 220 g/mol. The van der Waals surface area contributed by atoms with E-state index in [1.54, 1.807) is 12.4 Å². The highest BCUT2D eigenvalue weighted by Crippen LogP contribution is 2.02. The van der Waals surface area contributed by atoms with Crippen molar-refractivity contribution in [3.05, 3.63) is 40.7 Å². The summed E-state index contributed by atoms with van der Waals surface area (Å²) in [6.07, 6.45) is 4.55. The molecule has 0 spiro atoms. The lowest BCUT2D eigenvalue weighted by molar-refractivity contribution is 0.664. The Morgan fingerprint density at radius 3 is 2.73 bits per heavy atom. The van der Waals surface area contributed by atoms with Gasteiger partial charge in [-0.2, -0.15) is 5.10 Å². The number of aromatic nitrogens is 4. The summed E-state index contributed by atoms with van der Waals surface area (Å²) < 4.78 is 2.68. The second-order valence-corrected chi connectivity index (χ2v) is 3.72. The van der Waals surface area contributed by atoms with Gasteiger partial charge in [0, 0.05) is 18.9 Å². The zero-order valence-electron chi connectivity index (χ0n) is 8.47. The molecule has 2 aromatic heterocycles. The minimum atomic E-state index is 0.682. The van der Waals surface area contributed by atoms with Crippen molar-refractivity contribution in [2.75, 3.05) is 0 Å². The first-order valence-electron chi connectivity index (χ1n) is 4.78. The molecule has 0 bridgehead atoms. The van der Waals surface area contributed by atoms with Gasteiger partial charge in [-0.15, -0.1) is 0 Å². The molecule has 2 aromatic rings. The van der Waals surface area contributed by atoms with Crippen LogP contribution in [0, 0.1) is 11.7 Å². The average molecular weight is 220 g/mol. The molecule has 2 rings (SSSR count). The Kier molecular flexibility index (Phi) is 2.91. The third-order valence-corrected chi connectivity index (χ3v) is 2.63. The predicted molar refractivity (Wildman–Crippen MR) is 60.1 cm³/mol. The highest BCUT2D eigenvalue weighted by atomic mass is 32.1. The van der Waals surface area contributed by atoms with Crippen molar-refractivity contribution >= 4 is 12.2 Å². The summed E-state index contributed by atoms with van der Waals surface area (Å²) in [7, 11) is 0. The third-order valence-electron chi connectivity index (χ3n) is 2.32. The van der Waals surface area contributed by atoms with Gasteiger partial charge in [-0.25, -0.2) is 0 Å². The van der Waals surface area contributed by atoms with E-state index >= 15 is 0 Å². The Labute approximate surface area is 93.0 Å². The van der Waals surface area contributed by atoms with E-state index in [-0.39, 0.29) is 0 Å². The van der Waals surface area contributed by atoms with Gasteiger partial charge >= 0.3 is 0 Å². The number of pyridine rings is 1. The van der Waals surface area contributed by atoms with E-state index in [9.17, 15) is 0 Å². The molecule has 0 saturated carbocycles. The molecule has 78 valence electrons. The number of aryl methyl sites for hydroxylation is 2. The topological polar surface area (TPSA) is 46.5 Å². The summed E-state index contributed by atoms with van der Waals surface area (Å²) >= 11 is 5.12. The quantitative estimate of drug-likeness (QED) is 0.803. The van der Waals surface area contributed by atoms with Crippen LogP contribution in [0.2, 0.25) is 0 Å². The van der Waals surface area contributed by atoms with Crippen molar-refractivity contribution in [1.29, 1.82) is 0 Å². The number of hydrogen-bond acceptors (Lipinski definition) is 3. The number of rotatable bonds is 3.